The van der Waals surface area contributed by atoms with Crippen molar-refractivity contribution >= 4 is 40.8 Å². The van der Waals surface area contributed by atoms with Gasteiger partial charge in [0.1, 0.15) is 23.2 Å². The van der Waals surface area contributed by atoms with Crippen LogP contribution in [0.5, 0.6) is 0 Å². The molecule has 0 saturated carbocycles. The Kier molecular flexibility index (Phi) is 7.13. The summed E-state index contributed by atoms with van der Waals surface area (Å²) in [5.74, 6) is -1.89. The Morgan fingerprint density at radius 2 is 1.90 bits per heavy atom. The number of alkyl halides is 3. The molecule has 41 heavy (non-hydrogen) atoms. The summed E-state index contributed by atoms with van der Waals surface area (Å²) in [6.07, 6.45) is -3.35. The lowest BCUT2D eigenvalue weighted by atomic mass is 9.94. The van der Waals surface area contributed by atoms with Crippen molar-refractivity contribution < 1.29 is 36.3 Å². The second kappa shape index (κ2) is 10.7. The normalized spacial score (nSPS) is 15.3. The van der Waals surface area contributed by atoms with Gasteiger partial charge in [-0.3, -0.25) is 10.1 Å². The van der Waals surface area contributed by atoms with E-state index in [9.17, 15) is 27.2 Å². The molecule has 1 amide bonds. The summed E-state index contributed by atoms with van der Waals surface area (Å²) < 4.78 is 64.4. The Bertz CT molecular complexity index is 1730. The maximum absolute atomic E-state index is 13.6. The molecule has 0 saturated heterocycles. The minimum Gasteiger partial charge on any atom is -0.465 e. The number of rotatable bonds is 5. The molecule has 3 heterocycles. The van der Waals surface area contributed by atoms with Crippen LogP contribution in [0.15, 0.2) is 81.5 Å². The highest BCUT2D eigenvalue weighted by Crippen LogP contribution is 2.36. The number of carbonyl (C=O) groups is 2. The lowest BCUT2D eigenvalue weighted by Gasteiger charge is -2.26. The Labute approximate surface area is 229 Å². The van der Waals surface area contributed by atoms with E-state index in [-0.39, 0.29) is 45.8 Å². The average molecular weight is 568 g/mol. The van der Waals surface area contributed by atoms with Crippen molar-refractivity contribution in [2.45, 2.75) is 19.1 Å². The molecule has 1 aliphatic heterocycles. The molecular weight excluding hydrogens is 548 g/mol. The van der Waals surface area contributed by atoms with Crippen LogP contribution >= 0.6 is 0 Å². The maximum Gasteiger partial charge on any atom is 0.416 e. The number of aliphatic imine (C=N–C) groups is 1. The van der Waals surface area contributed by atoms with Gasteiger partial charge in [0.25, 0.3) is 5.91 Å². The third-order valence-electron chi connectivity index (χ3n) is 6.01. The number of amides is 1. The van der Waals surface area contributed by atoms with Crippen LogP contribution in [0.1, 0.15) is 34.5 Å². The Balaban J connectivity index is 1.51. The number of nitrogens with one attached hydrogen (secondary N) is 3. The van der Waals surface area contributed by atoms with Crippen LogP contribution in [0.3, 0.4) is 0 Å². The molecule has 1 unspecified atom stereocenters. The molecule has 0 radical (unpaired) electrons. The van der Waals surface area contributed by atoms with Gasteiger partial charge in [0.15, 0.2) is 5.58 Å². The van der Waals surface area contributed by atoms with E-state index >= 15 is 0 Å². The van der Waals surface area contributed by atoms with E-state index in [0.29, 0.717) is 5.52 Å². The average Bonchev–Trinajstić information content (AvgIpc) is 3.33. The number of oxazole rings is 1. The number of methoxy groups -OCH3 is 1. The smallest absolute Gasteiger partial charge is 0.416 e. The predicted molar refractivity (Wildman–Crippen MR) is 139 cm³/mol. The number of anilines is 2. The number of pyridine rings is 1. The van der Waals surface area contributed by atoms with Crippen molar-refractivity contribution in [3.8, 4) is 0 Å². The van der Waals surface area contributed by atoms with Crippen LogP contribution in [0.4, 0.5) is 29.4 Å². The number of guanidine groups is 1. The van der Waals surface area contributed by atoms with Crippen LogP contribution in [0, 0.1) is 5.82 Å². The van der Waals surface area contributed by atoms with Gasteiger partial charge in [-0.15, -0.1) is 0 Å². The lowest BCUT2D eigenvalue weighted by Crippen LogP contribution is -2.37. The number of benzene rings is 2. The molecule has 14 heteroatoms. The highest BCUT2D eigenvalue weighted by atomic mass is 19.4. The van der Waals surface area contributed by atoms with Gasteiger partial charge in [-0.1, -0.05) is 12.1 Å². The number of hydrogen-bond acceptors (Lipinski definition) is 9. The van der Waals surface area contributed by atoms with Crippen LogP contribution in [0.2, 0.25) is 0 Å². The predicted octanol–water partition coefficient (Wildman–Crippen LogP) is 5.19. The molecule has 3 N–H and O–H groups in total. The monoisotopic (exact) mass is 568 g/mol. The van der Waals surface area contributed by atoms with Crippen molar-refractivity contribution in [2.24, 2.45) is 4.99 Å². The zero-order chi connectivity index (χ0) is 29.3. The number of halogens is 4. The second-order valence-electron chi connectivity index (χ2n) is 8.80. The van der Waals surface area contributed by atoms with Crippen molar-refractivity contribution in [1.82, 2.24) is 15.3 Å². The third-order valence-corrected chi connectivity index (χ3v) is 6.01. The number of ether oxygens (including phenoxy) is 1. The van der Waals surface area contributed by atoms with E-state index in [2.05, 4.69) is 35.6 Å². The summed E-state index contributed by atoms with van der Waals surface area (Å²) in [4.78, 5) is 38.0. The van der Waals surface area contributed by atoms with E-state index in [1.165, 1.54) is 56.6 Å². The summed E-state index contributed by atoms with van der Waals surface area (Å²) in [7, 11) is 1.20. The first-order valence-corrected chi connectivity index (χ1v) is 11.9. The fourth-order valence-electron chi connectivity index (χ4n) is 4.14. The van der Waals surface area contributed by atoms with Crippen molar-refractivity contribution in [2.75, 3.05) is 17.7 Å². The molecule has 0 spiro atoms. The van der Waals surface area contributed by atoms with Gasteiger partial charge < -0.3 is 19.8 Å². The molecular formula is C27H20F4N6O4. The van der Waals surface area contributed by atoms with Gasteiger partial charge in [-0.25, -0.2) is 19.2 Å². The van der Waals surface area contributed by atoms with E-state index < -0.39 is 35.5 Å². The van der Waals surface area contributed by atoms with Crippen LogP contribution < -0.4 is 16.0 Å². The maximum atomic E-state index is 13.6. The first kappa shape index (κ1) is 27.3. The van der Waals surface area contributed by atoms with Gasteiger partial charge in [0, 0.05) is 18.0 Å². The van der Waals surface area contributed by atoms with Crippen LogP contribution in [-0.4, -0.2) is 34.9 Å². The van der Waals surface area contributed by atoms with E-state index in [4.69, 9.17) is 4.42 Å². The first-order chi connectivity index (χ1) is 19.5. The first-order valence-electron chi connectivity index (χ1n) is 11.9. The molecule has 1 atom stereocenters. The third kappa shape index (κ3) is 5.85. The van der Waals surface area contributed by atoms with Crippen molar-refractivity contribution in [1.29, 1.82) is 0 Å². The Morgan fingerprint density at radius 3 is 2.66 bits per heavy atom. The van der Waals surface area contributed by atoms with Gasteiger partial charge >= 0.3 is 18.2 Å². The number of aromatic nitrogens is 2. The quantitative estimate of drug-likeness (QED) is 0.222. The largest absolute Gasteiger partial charge is 0.465 e. The number of nitrogens with zero attached hydrogens (tertiary/aromatic N) is 3. The molecule has 2 aromatic carbocycles. The van der Waals surface area contributed by atoms with Gasteiger partial charge in [0.05, 0.1) is 23.8 Å². The standard InChI is InChI=1S/C27H20F4N6O4/c1-13-21(23(38)35-20-11-15(8-9-32-20)24(39)40-2)22(14-4-3-5-16(10-14)27(29,30)31)36-25(33-13)37-26-34-18-7-6-17(28)12-19(18)41-26/h3-12,22H,1-2H3,(H,32,35,38)(H2,33,34,36,37). The van der Waals surface area contributed by atoms with Gasteiger partial charge in [-0.2, -0.15) is 18.2 Å². The molecule has 0 fully saturated rings. The molecule has 210 valence electrons. The van der Waals surface area contributed by atoms with E-state index in [1.807, 2.05) is 0 Å². The summed E-state index contributed by atoms with van der Waals surface area (Å²) in [6.45, 7) is 1.53. The minimum atomic E-state index is -4.64. The van der Waals surface area contributed by atoms with Crippen molar-refractivity contribution in [3.63, 3.8) is 0 Å². The van der Waals surface area contributed by atoms with Gasteiger partial charge in [0.2, 0.25) is 5.96 Å². The molecule has 5 rings (SSSR count). The topological polar surface area (TPSA) is 131 Å². The summed E-state index contributed by atoms with van der Waals surface area (Å²) >= 11 is 0. The highest BCUT2D eigenvalue weighted by Gasteiger charge is 2.34. The number of esters is 1. The van der Waals surface area contributed by atoms with E-state index in [0.717, 1.165) is 18.2 Å². The summed E-state index contributed by atoms with van der Waals surface area (Å²) in [5, 5.41) is 8.23. The molecule has 0 aliphatic carbocycles. The number of fused-ring (bicyclic) bond motifs is 1. The Morgan fingerprint density at radius 1 is 1.10 bits per heavy atom. The number of allylic oxidation sites excluding steroid dienone is 1. The second-order valence-corrected chi connectivity index (χ2v) is 8.80. The molecule has 2 aromatic heterocycles. The Hall–Kier alpha value is -5.27. The van der Waals surface area contributed by atoms with Crippen LogP contribution in [0.25, 0.3) is 11.1 Å². The van der Waals surface area contributed by atoms with Gasteiger partial charge in [-0.05, 0) is 48.9 Å². The zero-order valence-electron chi connectivity index (χ0n) is 21.3. The minimum absolute atomic E-state index is 0.00704. The SMILES string of the molecule is COC(=O)c1ccnc(NC(=O)C2=C(C)NC(Nc3nc4ccc(F)cc4o3)=NC2c2cccc(C(F)(F)F)c2)c1. The highest BCUT2D eigenvalue weighted by molar-refractivity contribution is 6.07. The molecule has 1 aliphatic rings. The molecule has 10 nitrogen and oxygen atoms in total. The number of hydrogen-bond donors (Lipinski definition) is 3. The molecule has 0 bridgehead atoms. The van der Waals surface area contributed by atoms with E-state index in [1.54, 1.807) is 0 Å². The summed E-state index contributed by atoms with van der Waals surface area (Å²) in [6, 6.07) is 9.60. The molecule has 4 aromatic rings. The summed E-state index contributed by atoms with van der Waals surface area (Å²) in [5.41, 5.74) is 0.0158. The fourth-order valence-corrected chi connectivity index (χ4v) is 4.14. The zero-order valence-corrected chi connectivity index (χ0v) is 21.3. The van der Waals surface area contributed by atoms with Crippen molar-refractivity contribution in [3.05, 3.63) is 94.6 Å². The van der Waals surface area contributed by atoms with Crippen LogP contribution in [-0.2, 0) is 15.7 Å². The fraction of sp³-hybridized carbons (Fsp3) is 0.148. The number of carbonyl (C=O) groups excluding carboxylic acids is 2. The lowest BCUT2D eigenvalue weighted by molar-refractivity contribution is -0.137.